The Balaban J connectivity index is 1.19. The Kier molecular flexibility index (Phi) is 19.6. The molecule has 6 aliphatic rings. The maximum Gasteiger partial charge on any atom is 0.472 e. The number of carbonyl (C=O) groups is 7. The summed E-state index contributed by atoms with van der Waals surface area (Å²) in [5, 5.41) is 28.2. The molecule has 0 saturated carbocycles. The summed E-state index contributed by atoms with van der Waals surface area (Å²) in [5.41, 5.74) is 37.4. The fraction of sp³-hybridized carbons (Fsp3) is 0.629. The zero-order valence-electron chi connectivity index (χ0n) is 53.3. The maximum atomic E-state index is 14.4. The monoisotopic (exact) mass is 1270 g/mol. The van der Waals surface area contributed by atoms with Crippen LogP contribution in [0.25, 0.3) is 11.0 Å². The van der Waals surface area contributed by atoms with E-state index in [0.717, 1.165) is 11.1 Å². The lowest BCUT2D eigenvalue weighted by Gasteiger charge is -2.48. The third kappa shape index (κ3) is 13.0. The average molecular weight is 1270 g/mol. The minimum Gasteiger partial charge on any atom is -0.394 e. The molecule has 492 valence electrons. The molecule has 6 aliphatic heterocycles. The maximum absolute atomic E-state index is 14.4. The molecular weight excluding hydrogens is 1180 g/mol. The second-order valence-electron chi connectivity index (χ2n) is 27.1. The topological polar surface area (TPSA) is 460 Å². The van der Waals surface area contributed by atoms with Crippen molar-refractivity contribution in [2.24, 2.45) is 94.7 Å². The number of phosphoric acid groups is 1. The molecular formula is C62H90N13O14P. The van der Waals surface area contributed by atoms with E-state index in [-0.39, 0.29) is 77.2 Å². The predicted octanol–water partition coefficient (Wildman–Crippen LogP) is 3.16. The third-order valence-corrected chi connectivity index (χ3v) is 21.7. The number of aryl methyl sites for hydroxylation is 2. The molecule has 2 fully saturated rings. The van der Waals surface area contributed by atoms with Gasteiger partial charge in [-0.05, 0) is 108 Å². The quantitative estimate of drug-likeness (QED) is 0.0603. The first-order valence-electron chi connectivity index (χ1n) is 30.6. The number of aromatic nitrogens is 2. The van der Waals surface area contributed by atoms with Gasteiger partial charge in [-0.25, -0.2) is 9.55 Å². The fourth-order valence-corrected chi connectivity index (χ4v) is 16.6. The number of aliphatic hydroxyl groups excluding tert-OH is 2. The second kappa shape index (κ2) is 25.6. The summed E-state index contributed by atoms with van der Waals surface area (Å²) in [6.07, 6.45) is -4.26. The van der Waals surface area contributed by atoms with Gasteiger partial charge in [-0.15, -0.1) is 0 Å². The molecule has 15 atom stereocenters. The van der Waals surface area contributed by atoms with Crippen molar-refractivity contribution in [3.05, 3.63) is 63.9 Å². The van der Waals surface area contributed by atoms with Gasteiger partial charge in [0.15, 0.2) is 6.23 Å². The van der Waals surface area contributed by atoms with E-state index in [1.165, 1.54) is 13.3 Å². The summed E-state index contributed by atoms with van der Waals surface area (Å²) in [5.74, 6) is -7.18. The van der Waals surface area contributed by atoms with E-state index in [2.05, 4.69) is 15.6 Å². The number of rotatable bonds is 26. The van der Waals surface area contributed by atoms with Crippen LogP contribution >= 0.6 is 7.82 Å². The number of nitrogens with one attached hydrogen (secondary N) is 2. The number of amides is 7. The molecule has 28 heteroatoms. The highest BCUT2D eigenvalue weighted by Crippen LogP contribution is 2.63. The number of allylic oxidation sites excluding steroid dienone is 6. The van der Waals surface area contributed by atoms with Gasteiger partial charge in [0, 0.05) is 131 Å². The molecule has 0 radical (unpaired) electrons. The van der Waals surface area contributed by atoms with Crippen LogP contribution < -0.4 is 45.0 Å². The fourth-order valence-electron chi connectivity index (χ4n) is 15.4. The third-order valence-electron chi connectivity index (χ3n) is 20.6. The van der Waals surface area contributed by atoms with Gasteiger partial charge in [-0.2, -0.15) is 0 Å². The number of primary amides is 6. The Hall–Kier alpha value is -7.00. The summed E-state index contributed by atoms with van der Waals surface area (Å²) >= 11 is 0. The lowest BCUT2D eigenvalue weighted by molar-refractivity contribution is -0.124. The number of nitrogens with two attached hydrogens (primary N) is 6. The zero-order chi connectivity index (χ0) is 66.7. The Morgan fingerprint density at radius 1 is 0.800 bits per heavy atom. The molecule has 17 N–H and O–H groups in total. The van der Waals surface area contributed by atoms with Gasteiger partial charge in [0.25, 0.3) is 0 Å². The molecule has 1 aromatic heterocycles. The number of benzene rings is 1. The lowest BCUT2D eigenvalue weighted by Crippen LogP contribution is -2.56. The van der Waals surface area contributed by atoms with Gasteiger partial charge in [-0.3, -0.25) is 57.6 Å². The van der Waals surface area contributed by atoms with E-state index < -0.39 is 143 Å². The van der Waals surface area contributed by atoms with Crippen molar-refractivity contribution in [3.63, 3.8) is 0 Å². The van der Waals surface area contributed by atoms with Crippen molar-refractivity contribution in [1.29, 1.82) is 0 Å². The molecule has 11 unspecified atom stereocenters. The highest BCUT2D eigenvalue weighted by Gasteiger charge is 2.66. The lowest BCUT2D eigenvalue weighted by atomic mass is 9.55. The van der Waals surface area contributed by atoms with Crippen LogP contribution in [0.5, 0.6) is 0 Å². The number of fused-ring (bicyclic) bond motifs is 7. The first-order valence-corrected chi connectivity index (χ1v) is 32.1. The van der Waals surface area contributed by atoms with E-state index in [0.29, 0.717) is 56.4 Å². The highest BCUT2D eigenvalue weighted by molar-refractivity contribution is 7.47. The standard InChI is InChI=1S/C62H90N13O14P/c1-29-20-39-40(21-30(29)2)75(28-70-39)57-52(84)53(41(27-76)87-57)89-90(85,86)88-31(3)26-69-49(83)18-19-59(8)37(22-46(66)80)56-62(11)61(10,25-48(68)82)36(14-17-45(65)79)51(74-62)33(5)55-60(9,24-47(67)81)34(12-15-43(63)77)38(71-55)23-42-58(6,7)35(13-16-44(64)78)50(72-42)32(4)54(59)73-56/h20-21,23,28,31,34-37,41,52-53,56-57,71,76,84H,12-19,22,24-27H2,1-11H3,(H2,63,77)(H2,64,78)(H2,65,79)(H2,66,80)(H2,67,81)(H2,68,82)(H,69,83)(H,85,86)/b38-23?,50-32-,55-33-/t31?,34?,35?,36?,37?,41-,52-,53-,56?,57-,59?,60?,61?,62?/m1/s1. The van der Waals surface area contributed by atoms with Gasteiger partial charge in [-0.1, -0.05) is 34.6 Å². The van der Waals surface area contributed by atoms with Crippen LogP contribution in [0.2, 0.25) is 0 Å². The largest absolute Gasteiger partial charge is 0.472 e. The minimum absolute atomic E-state index is 0.0114. The Labute approximate surface area is 523 Å². The Morgan fingerprint density at radius 3 is 1.99 bits per heavy atom. The van der Waals surface area contributed by atoms with Crippen LogP contribution in [0.3, 0.4) is 0 Å². The van der Waals surface area contributed by atoms with Crippen molar-refractivity contribution in [2.75, 3.05) is 13.2 Å². The van der Waals surface area contributed by atoms with Crippen LogP contribution in [-0.4, -0.2) is 132 Å². The molecule has 0 aliphatic carbocycles. The van der Waals surface area contributed by atoms with Crippen LogP contribution in [0.4, 0.5) is 0 Å². The molecule has 27 nitrogen and oxygen atoms in total. The molecule has 2 aromatic rings. The SMILES string of the molecule is C/C1=C2/N=C(C=C3N/C(=C(/C)C4=NC(C)(C5N=C1C(C)(CCC(=O)NCC(C)OP(=O)(O)O[C@H]1[C@@H](O)[C@H](n6cnc7cc(C)c(C)cc76)O[C@@H]1CO)C5CC(N)=O)C(C)(CC(N)=O)C4CCC(N)=O)C(C)(CC(N)=O)C3CCC(N)=O)C(C)(C)C2CCC(N)=O. The number of hydrogen-bond acceptors (Lipinski definition) is 18. The van der Waals surface area contributed by atoms with Gasteiger partial charge >= 0.3 is 7.82 Å². The molecule has 0 spiro atoms. The minimum atomic E-state index is -5.07. The number of imidazole rings is 1. The molecule has 2 saturated heterocycles. The average Bonchev–Trinajstić information content (AvgIpc) is 1.53. The predicted molar refractivity (Wildman–Crippen MR) is 334 cm³/mol. The van der Waals surface area contributed by atoms with Crippen molar-refractivity contribution >= 4 is 77.3 Å². The number of nitrogens with zero attached hydrogens (tertiary/aromatic N) is 5. The van der Waals surface area contributed by atoms with Gasteiger partial charge in [0.2, 0.25) is 41.4 Å². The number of hydrogen-bond donors (Lipinski definition) is 11. The van der Waals surface area contributed by atoms with E-state index in [1.807, 2.05) is 87.4 Å². The molecule has 7 heterocycles. The summed E-state index contributed by atoms with van der Waals surface area (Å²) in [7, 11) is -5.07. The first kappa shape index (κ1) is 68.9. The summed E-state index contributed by atoms with van der Waals surface area (Å²) < 4.78 is 32.3. The molecule has 8 bridgehead atoms. The van der Waals surface area contributed by atoms with Crippen molar-refractivity contribution in [3.8, 4) is 0 Å². The first-order chi connectivity index (χ1) is 41.8. The second-order valence-corrected chi connectivity index (χ2v) is 28.4. The van der Waals surface area contributed by atoms with Gasteiger partial charge < -0.3 is 69.4 Å². The van der Waals surface area contributed by atoms with Gasteiger partial charge in [0.05, 0.1) is 41.7 Å². The summed E-state index contributed by atoms with van der Waals surface area (Å²) in [4.78, 5) is 126. The highest BCUT2D eigenvalue weighted by atomic mass is 31.2. The Bertz CT molecular complexity index is 3540. The van der Waals surface area contributed by atoms with Crippen LogP contribution in [0, 0.1) is 59.2 Å². The van der Waals surface area contributed by atoms with E-state index in [4.69, 9.17) is 63.2 Å². The van der Waals surface area contributed by atoms with Crippen LogP contribution in [-0.2, 0) is 51.9 Å². The van der Waals surface area contributed by atoms with E-state index in [1.54, 1.807) is 4.57 Å². The Morgan fingerprint density at radius 2 is 1.40 bits per heavy atom. The molecule has 1 aromatic carbocycles. The molecule has 8 rings (SSSR count). The summed E-state index contributed by atoms with van der Waals surface area (Å²) in [6.45, 7) is 19.3. The normalized spacial score (nSPS) is 33.6. The van der Waals surface area contributed by atoms with Crippen molar-refractivity contribution in [2.45, 2.75) is 189 Å². The van der Waals surface area contributed by atoms with Crippen molar-refractivity contribution in [1.82, 2.24) is 20.2 Å². The smallest absolute Gasteiger partial charge is 0.394 e. The molecule has 90 heavy (non-hydrogen) atoms. The van der Waals surface area contributed by atoms with Crippen molar-refractivity contribution < 1.29 is 67.0 Å². The van der Waals surface area contributed by atoms with Crippen LogP contribution in [0.15, 0.2) is 67.8 Å². The van der Waals surface area contributed by atoms with Gasteiger partial charge in [0.1, 0.15) is 18.3 Å². The molecule has 7 amide bonds. The number of phosphoric ester groups is 1. The van der Waals surface area contributed by atoms with E-state index in [9.17, 15) is 53.2 Å². The number of aliphatic hydroxyl groups is 2. The van der Waals surface area contributed by atoms with Crippen LogP contribution in [0.1, 0.15) is 150 Å². The zero-order valence-corrected chi connectivity index (χ0v) is 54.1. The number of aliphatic imine (C=N–C) groups is 3. The number of ether oxygens (including phenoxy) is 1. The number of carbonyl (C=O) groups excluding carboxylic acids is 7. The van der Waals surface area contributed by atoms with E-state index >= 15 is 0 Å². The summed E-state index contributed by atoms with van der Waals surface area (Å²) in [6, 6.07) is 2.70.